The molecule has 2 N–H and O–H groups in total. The lowest BCUT2D eigenvalue weighted by Gasteiger charge is -2.15. The molecule has 2 rings (SSSR count). The maximum absolute atomic E-state index is 12.0. The van der Waals surface area contributed by atoms with Crippen LogP contribution < -0.4 is 5.32 Å². The highest BCUT2D eigenvalue weighted by atomic mass is 35.5. The minimum atomic E-state index is -0.605. The van der Waals surface area contributed by atoms with E-state index in [0.717, 1.165) is 0 Å². The van der Waals surface area contributed by atoms with Crippen LogP contribution >= 0.6 is 11.6 Å². The Hall–Kier alpha value is -1.53. The second kappa shape index (κ2) is 6.49. The van der Waals surface area contributed by atoms with Gasteiger partial charge in [-0.25, -0.2) is 0 Å². The Morgan fingerprint density at radius 1 is 1.52 bits per heavy atom. The third kappa shape index (κ3) is 3.57. The summed E-state index contributed by atoms with van der Waals surface area (Å²) in [4.78, 5) is 23.5. The standard InChI is InChI=1S/C14H19ClN2O4/c1-17-7-10(15)5-11(17)13(19)16-6-9-3-8(4-12(9)18)14(20)21-2/h5,7-9,12,18H,3-4,6H2,1-2H3,(H,16,19)/t8?,9-,12-/m1/s1. The molecular weight excluding hydrogens is 296 g/mol. The molecule has 1 amide bonds. The van der Waals surface area contributed by atoms with Crippen LogP contribution in [0.1, 0.15) is 23.3 Å². The maximum atomic E-state index is 12.0. The van der Waals surface area contributed by atoms with Crippen molar-refractivity contribution in [3.8, 4) is 0 Å². The fourth-order valence-electron chi connectivity index (χ4n) is 2.75. The average Bonchev–Trinajstić information content (AvgIpc) is 2.98. The van der Waals surface area contributed by atoms with Gasteiger partial charge in [-0.15, -0.1) is 0 Å². The zero-order valence-corrected chi connectivity index (χ0v) is 12.8. The molecule has 1 unspecified atom stereocenters. The van der Waals surface area contributed by atoms with Gasteiger partial charge in [0, 0.05) is 25.7 Å². The summed E-state index contributed by atoms with van der Waals surface area (Å²) in [6.45, 7) is 0.316. The molecule has 7 heteroatoms. The number of nitrogens with zero attached hydrogens (tertiary/aromatic N) is 1. The molecule has 1 heterocycles. The fraction of sp³-hybridized carbons (Fsp3) is 0.571. The van der Waals surface area contributed by atoms with Crippen molar-refractivity contribution in [2.24, 2.45) is 18.9 Å². The molecule has 1 aromatic heterocycles. The molecule has 1 fully saturated rings. The Balaban J connectivity index is 1.90. The topological polar surface area (TPSA) is 80.6 Å². The molecule has 116 valence electrons. The third-order valence-electron chi connectivity index (χ3n) is 3.92. The molecular formula is C14H19ClN2O4. The maximum Gasteiger partial charge on any atom is 0.308 e. The predicted octanol–water partition coefficient (Wildman–Crippen LogP) is 0.968. The lowest BCUT2D eigenvalue weighted by Crippen LogP contribution is -2.33. The van der Waals surface area contributed by atoms with Gasteiger partial charge in [0.1, 0.15) is 5.69 Å². The van der Waals surface area contributed by atoms with Crippen molar-refractivity contribution >= 4 is 23.5 Å². The number of hydrogen-bond donors (Lipinski definition) is 2. The number of esters is 1. The van der Waals surface area contributed by atoms with Gasteiger partial charge in [0.25, 0.3) is 5.91 Å². The van der Waals surface area contributed by atoms with E-state index in [-0.39, 0.29) is 23.7 Å². The monoisotopic (exact) mass is 314 g/mol. The molecule has 1 aliphatic carbocycles. The summed E-state index contributed by atoms with van der Waals surface area (Å²) in [7, 11) is 3.07. The molecule has 3 atom stereocenters. The first-order chi connectivity index (χ1) is 9.92. The van der Waals surface area contributed by atoms with E-state index >= 15 is 0 Å². The normalized spacial score (nSPS) is 24.9. The summed E-state index contributed by atoms with van der Waals surface area (Å²) < 4.78 is 6.33. The molecule has 0 aliphatic heterocycles. The van der Waals surface area contributed by atoms with Crippen LogP contribution in [-0.4, -0.2) is 41.3 Å². The third-order valence-corrected chi connectivity index (χ3v) is 4.13. The smallest absolute Gasteiger partial charge is 0.308 e. The van der Waals surface area contributed by atoms with Crippen molar-refractivity contribution in [1.29, 1.82) is 0 Å². The van der Waals surface area contributed by atoms with Gasteiger partial charge in [0.05, 0.1) is 24.2 Å². The van der Waals surface area contributed by atoms with E-state index in [9.17, 15) is 14.7 Å². The average molecular weight is 315 g/mol. The Morgan fingerprint density at radius 3 is 2.81 bits per heavy atom. The molecule has 6 nitrogen and oxygen atoms in total. The van der Waals surface area contributed by atoms with Gasteiger partial charge in [-0.1, -0.05) is 11.6 Å². The SMILES string of the molecule is COC(=O)C1C[C@H](CNC(=O)c2cc(Cl)cn2C)[C@H](O)C1. The number of aliphatic hydroxyl groups is 1. The van der Waals surface area contributed by atoms with Crippen molar-refractivity contribution in [3.05, 3.63) is 23.0 Å². The van der Waals surface area contributed by atoms with Crippen molar-refractivity contribution in [2.75, 3.05) is 13.7 Å². The van der Waals surface area contributed by atoms with Crippen molar-refractivity contribution in [1.82, 2.24) is 9.88 Å². The predicted molar refractivity (Wildman–Crippen MR) is 77.0 cm³/mol. The van der Waals surface area contributed by atoms with Gasteiger partial charge in [-0.2, -0.15) is 0 Å². The van der Waals surface area contributed by atoms with Crippen LogP contribution in [0.2, 0.25) is 5.02 Å². The van der Waals surface area contributed by atoms with Crippen LogP contribution in [0.4, 0.5) is 0 Å². The minimum Gasteiger partial charge on any atom is -0.469 e. The number of aliphatic hydroxyl groups excluding tert-OH is 1. The number of carbonyl (C=O) groups is 2. The Bertz CT molecular complexity index is 543. The first-order valence-corrected chi connectivity index (χ1v) is 7.16. The number of carbonyl (C=O) groups excluding carboxylic acids is 2. The van der Waals surface area contributed by atoms with Crippen LogP contribution in [0.3, 0.4) is 0 Å². The van der Waals surface area contributed by atoms with E-state index in [4.69, 9.17) is 11.6 Å². The summed E-state index contributed by atoms with van der Waals surface area (Å²) in [5.74, 6) is -1.000. The molecule has 1 aliphatic rings. The van der Waals surface area contributed by atoms with Gasteiger partial charge in [-0.05, 0) is 18.9 Å². The van der Waals surface area contributed by atoms with Gasteiger partial charge in [0.15, 0.2) is 0 Å². The summed E-state index contributed by atoms with van der Waals surface area (Å²) in [6.07, 6.45) is 1.94. The number of halogens is 1. The highest BCUT2D eigenvalue weighted by molar-refractivity contribution is 6.31. The quantitative estimate of drug-likeness (QED) is 0.812. The second-order valence-electron chi connectivity index (χ2n) is 5.38. The van der Waals surface area contributed by atoms with Gasteiger partial charge >= 0.3 is 5.97 Å². The Kier molecular flexibility index (Phi) is 4.90. The largest absolute Gasteiger partial charge is 0.469 e. The van der Waals surface area contributed by atoms with E-state index in [1.165, 1.54) is 7.11 Å². The van der Waals surface area contributed by atoms with Crippen molar-refractivity contribution < 1.29 is 19.4 Å². The molecule has 0 aromatic carbocycles. The van der Waals surface area contributed by atoms with E-state index in [0.29, 0.717) is 30.1 Å². The van der Waals surface area contributed by atoms with E-state index in [2.05, 4.69) is 10.1 Å². The first-order valence-electron chi connectivity index (χ1n) is 6.78. The number of hydrogen-bond acceptors (Lipinski definition) is 4. The number of rotatable bonds is 4. The van der Waals surface area contributed by atoms with E-state index in [1.807, 2.05) is 0 Å². The molecule has 0 radical (unpaired) electrons. The number of aryl methyl sites for hydroxylation is 1. The lowest BCUT2D eigenvalue weighted by atomic mass is 10.0. The summed E-state index contributed by atoms with van der Waals surface area (Å²) in [5, 5.41) is 13.2. The van der Waals surface area contributed by atoms with Gasteiger partial charge in [-0.3, -0.25) is 9.59 Å². The summed E-state index contributed by atoms with van der Waals surface area (Å²) in [5.41, 5.74) is 0.456. The zero-order chi connectivity index (χ0) is 15.6. The number of aromatic nitrogens is 1. The van der Waals surface area contributed by atoms with Crippen molar-refractivity contribution in [3.63, 3.8) is 0 Å². The highest BCUT2D eigenvalue weighted by Gasteiger charge is 2.37. The molecule has 21 heavy (non-hydrogen) atoms. The molecule has 0 bridgehead atoms. The van der Waals surface area contributed by atoms with Crippen molar-refractivity contribution in [2.45, 2.75) is 18.9 Å². The van der Waals surface area contributed by atoms with Gasteiger partial charge in [0.2, 0.25) is 0 Å². The summed E-state index contributed by atoms with van der Waals surface area (Å²) >= 11 is 5.84. The molecule has 1 aromatic rings. The number of amides is 1. The summed E-state index contributed by atoms with van der Waals surface area (Å²) in [6, 6.07) is 1.58. The Labute approximate surface area is 128 Å². The molecule has 0 spiro atoms. The van der Waals surface area contributed by atoms with E-state index in [1.54, 1.807) is 23.9 Å². The van der Waals surface area contributed by atoms with Crippen LogP contribution in [0.15, 0.2) is 12.3 Å². The Morgan fingerprint density at radius 2 is 2.24 bits per heavy atom. The number of ether oxygens (including phenoxy) is 1. The number of methoxy groups -OCH3 is 1. The van der Waals surface area contributed by atoms with Crippen LogP contribution in [0, 0.1) is 11.8 Å². The number of nitrogens with one attached hydrogen (secondary N) is 1. The highest BCUT2D eigenvalue weighted by Crippen LogP contribution is 2.31. The zero-order valence-electron chi connectivity index (χ0n) is 12.0. The van der Waals surface area contributed by atoms with E-state index < -0.39 is 6.10 Å². The molecule has 0 saturated heterocycles. The molecule has 1 saturated carbocycles. The van der Waals surface area contributed by atoms with Gasteiger partial charge < -0.3 is 19.7 Å². The van der Waals surface area contributed by atoms with Crippen LogP contribution in [-0.2, 0) is 16.6 Å². The van der Waals surface area contributed by atoms with Crippen LogP contribution in [0.25, 0.3) is 0 Å². The second-order valence-corrected chi connectivity index (χ2v) is 5.82. The van der Waals surface area contributed by atoms with Crippen LogP contribution in [0.5, 0.6) is 0 Å². The lowest BCUT2D eigenvalue weighted by molar-refractivity contribution is -0.145. The minimum absolute atomic E-state index is 0.145. The fourth-order valence-corrected chi connectivity index (χ4v) is 3.00. The first kappa shape index (κ1) is 15.9.